The molecule has 1 aromatic heterocycles. The molecule has 38 heavy (non-hydrogen) atoms. The van der Waals surface area contributed by atoms with Crippen molar-refractivity contribution in [2.24, 2.45) is 0 Å². The number of carbonyl (C=O) groups is 2. The second kappa shape index (κ2) is 11.5. The van der Waals surface area contributed by atoms with Gasteiger partial charge in [0.25, 0.3) is 5.91 Å². The molecule has 2 N–H and O–H groups in total. The van der Waals surface area contributed by atoms with Crippen LogP contribution in [0.2, 0.25) is 18.1 Å². The van der Waals surface area contributed by atoms with Crippen molar-refractivity contribution in [1.29, 1.82) is 0 Å². The van der Waals surface area contributed by atoms with Crippen molar-refractivity contribution >= 4 is 47.2 Å². The lowest BCUT2D eigenvalue weighted by molar-refractivity contribution is -0.118. The van der Waals surface area contributed by atoms with Crippen LogP contribution in [0, 0.1) is 0 Å². The van der Waals surface area contributed by atoms with Crippen LogP contribution in [0.25, 0.3) is 10.1 Å². The normalized spacial score (nSPS) is 12.7. The number of para-hydroxylation sites is 3. The number of hydrogen-bond acceptors (Lipinski definition) is 5. The third-order valence-electron chi connectivity index (χ3n) is 6.87. The number of anilines is 1. The maximum Gasteiger partial charge on any atom is 0.252 e. The molecule has 0 fully saturated rings. The average Bonchev–Trinajstić information content (AvgIpc) is 3.35. The van der Waals surface area contributed by atoms with Crippen LogP contribution in [-0.2, 0) is 9.22 Å². The topological polar surface area (TPSA) is 76.7 Å². The second-order valence-electron chi connectivity index (χ2n) is 10.7. The van der Waals surface area contributed by atoms with E-state index in [9.17, 15) is 9.59 Å². The zero-order valence-corrected chi connectivity index (χ0v) is 24.2. The lowest BCUT2D eigenvalue weighted by Gasteiger charge is -2.37. The number of nitrogens with one attached hydrogen (secondary N) is 2. The zero-order chi connectivity index (χ0) is 27.3. The van der Waals surface area contributed by atoms with E-state index < -0.39 is 14.4 Å². The molecule has 0 aliphatic heterocycles. The van der Waals surface area contributed by atoms with Crippen molar-refractivity contribution in [1.82, 2.24) is 5.32 Å². The Morgan fingerprint density at radius 1 is 0.947 bits per heavy atom. The molecule has 0 saturated carbocycles. The van der Waals surface area contributed by atoms with Crippen molar-refractivity contribution in [2.75, 3.05) is 11.9 Å². The average molecular weight is 547 g/mol. The van der Waals surface area contributed by atoms with Crippen molar-refractivity contribution in [3.05, 3.63) is 89.8 Å². The number of benzene rings is 3. The molecule has 1 heterocycles. The molecule has 0 bridgehead atoms. The molecule has 4 aromatic rings. The highest BCUT2D eigenvalue weighted by Gasteiger charge is 2.38. The van der Waals surface area contributed by atoms with Gasteiger partial charge >= 0.3 is 0 Å². The monoisotopic (exact) mass is 546 g/mol. The predicted molar refractivity (Wildman–Crippen MR) is 158 cm³/mol. The molecule has 8 heteroatoms. The highest BCUT2D eigenvalue weighted by molar-refractivity contribution is 7.17. The van der Waals surface area contributed by atoms with E-state index in [1.54, 1.807) is 29.5 Å². The van der Waals surface area contributed by atoms with E-state index in [-0.39, 0.29) is 23.5 Å². The summed E-state index contributed by atoms with van der Waals surface area (Å²) in [6.45, 7) is 10.7. The summed E-state index contributed by atoms with van der Waals surface area (Å²) in [5.41, 5.74) is 1.00. The number of hydrogen-bond donors (Lipinski definition) is 2. The maximum atomic E-state index is 13.6. The highest BCUT2D eigenvalue weighted by Crippen LogP contribution is 2.36. The van der Waals surface area contributed by atoms with Crippen LogP contribution < -0.4 is 15.4 Å². The van der Waals surface area contributed by atoms with E-state index in [0.717, 1.165) is 10.1 Å². The Kier molecular flexibility index (Phi) is 8.35. The maximum absolute atomic E-state index is 13.6. The van der Waals surface area contributed by atoms with Crippen LogP contribution in [0.15, 0.2) is 84.2 Å². The molecule has 0 aliphatic rings. The first-order chi connectivity index (χ1) is 18.0. The van der Waals surface area contributed by atoms with Crippen LogP contribution >= 0.6 is 11.3 Å². The van der Waals surface area contributed by atoms with Gasteiger partial charge in [-0.25, -0.2) is 0 Å². The predicted octanol–water partition coefficient (Wildman–Crippen LogP) is 7.45. The fraction of sp³-hybridized carbons (Fsp3) is 0.267. The molecule has 198 valence electrons. The fourth-order valence-electron chi connectivity index (χ4n) is 3.53. The molecule has 6 nitrogen and oxygen atoms in total. The van der Waals surface area contributed by atoms with Crippen LogP contribution in [0.3, 0.4) is 0 Å². The summed E-state index contributed by atoms with van der Waals surface area (Å²) in [5, 5.41) is 8.80. The zero-order valence-electron chi connectivity index (χ0n) is 22.4. The number of amides is 2. The van der Waals surface area contributed by atoms with Gasteiger partial charge in [0.15, 0.2) is 14.1 Å². The molecular formula is C30H34N2O4SSi. The minimum Gasteiger partial charge on any atom is -0.455 e. The van der Waals surface area contributed by atoms with Gasteiger partial charge < -0.3 is 19.8 Å². The van der Waals surface area contributed by atoms with Crippen molar-refractivity contribution in [3.63, 3.8) is 0 Å². The standard InChI is InChI=1S/C30H34N2O4SSi/c1-30(2,3)38(4,5)35-20-25(32-28(33)22-15-16-27-21(19-22)17-18-37-27)29(34)31-24-13-9-10-14-26(24)36-23-11-7-6-8-12-23/h6-19,25H,20H2,1-5H3,(H,31,34)(H,32,33)/t25-/m1/s1. The number of carbonyl (C=O) groups excluding carboxylic acids is 2. The molecule has 1 atom stereocenters. The third kappa shape index (κ3) is 6.69. The summed E-state index contributed by atoms with van der Waals surface area (Å²) < 4.78 is 13.5. The van der Waals surface area contributed by atoms with Crippen LogP contribution in [-0.4, -0.2) is 32.8 Å². The van der Waals surface area contributed by atoms with Gasteiger partial charge in [-0.3, -0.25) is 9.59 Å². The summed E-state index contributed by atoms with van der Waals surface area (Å²) in [7, 11) is -2.18. The number of thiophene rings is 1. The second-order valence-corrected chi connectivity index (χ2v) is 16.4. The molecule has 2 amide bonds. The first kappa shape index (κ1) is 27.6. The Morgan fingerprint density at radius 2 is 1.66 bits per heavy atom. The smallest absolute Gasteiger partial charge is 0.252 e. The molecule has 0 saturated heterocycles. The van der Waals surface area contributed by atoms with Gasteiger partial charge in [0.1, 0.15) is 11.8 Å². The Labute approximate surface area is 229 Å². The van der Waals surface area contributed by atoms with E-state index in [1.807, 2.05) is 66.0 Å². The summed E-state index contributed by atoms with van der Waals surface area (Å²) in [5.74, 6) is 0.457. The van der Waals surface area contributed by atoms with Gasteiger partial charge in [-0.2, -0.15) is 0 Å². The third-order valence-corrected chi connectivity index (χ3v) is 12.3. The molecule has 0 spiro atoms. The van der Waals surface area contributed by atoms with E-state index in [4.69, 9.17) is 9.16 Å². The van der Waals surface area contributed by atoms with E-state index in [1.165, 1.54) is 0 Å². The molecule has 0 radical (unpaired) electrons. The number of ether oxygens (including phenoxy) is 1. The number of fused-ring (bicyclic) bond motifs is 1. The van der Waals surface area contributed by atoms with Crippen molar-refractivity contribution in [3.8, 4) is 11.5 Å². The Balaban J connectivity index is 1.55. The van der Waals surface area contributed by atoms with Crippen LogP contribution in [0.1, 0.15) is 31.1 Å². The lowest BCUT2D eigenvalue weighted by Crippen LogP contribution is -2.50. The SMILES string of the molecule is CC(C)(C)[Si](C)(C)OC[C@@H](NC(=O)c1ccc2sccc2c1)C(=O)Nc1ccccc1Oc1ccccc1. The first-order valence-electron chi connectivity index (χ1n) is 12.6. The largest absolute Gasteiger partial charge is 0.455 e. The van der Waals surface area contributed by atoms with Crippen molar-refractivity contribution in [2.45, 2.75) is 44.9 Å². The molecule has 0 unspecified atom stereocenters. The summed E-state index contributed by atoms with van der Waals surface area (Å²) in [6, 6.07) is 23.2. The van der Waals surface area contributed by atoms with E-state index in [2.05, 4.69) is 44.5 Å². The summed E-state index contributed by atoms with van der Waals surface area (Å²) >= 11 is 1.62. The minimum absolute atomic E-state index is 0.0435. The molecule has 4 rings (SSSR count). The summed E-state index contributed by atoms with van der Waals surface area (Å²) in [4.78, 5) is 26.8. The first-order valence-corrected chi connectivity index (χ1v) is 16.4. The fourth-order valence-corrected chi connectivity index (χ4v) is 5.32. The van der Waals surface area contributed by atoms with Crippen molar-refractivity contribution < 1.29 is 18.8 Å². The quantitative estimate of drug-likeness (QED) is 0.214. The van der Waals surface area contributed by atoms with E-state index >= 15 is 0 Å². The van der Waals surface area contributed by atoms with Gasteiger partial charge in [-0.05, 0) is 77.4 Å². The van der Waals surface area contributed by atoms with E-state index in [0.29, 0.717) is 22.7 Å². The van der Waals surface area contributed by atoms with Gasteiger partial charge in [0.2, 0.25) is 5.91 Å². The summed E-state index contributed by atoms with van der Waals surface area (Å²) in [6.07, 6.45) is 0. The van der Waals surface area contributed by atoms with Gasteiger partial charge in [0, 0.05) is 10.3 Å². The molecule has 3 aromatic carbocycles. The van der Waals surface area contributed by atoms with Gasteiger partial charge in [-0.15, -0.1) is 11.3 Å². The highest BCUT2D eigenvalue weighted by atomic mass is 32.1. The molecule has 0 aliphatic carbocycles. The van der Waals surface area contributed by atoms with Gasteiger partial charge in [-0.1, -0.05) is 51.1 Å². The Morgan fingerprint density at radius 3 is 2.39 bits per heavy atom. The Bertz CT molecular complexity index is 1410. The van der Waals surface area contributed by atoms with Crippen LogP contribution in [0.5, 0.6) is 11.5 Å². The van der Waals surface area contributed by atoms with Gasteiger partial charge in [0.05, 0.1) is 12.3 Å². The molecular weight excluding hydrogens is 512 g/mol. The van der Waals surface area contributed by atoms with Crippen LogP contribution in [0.4, 0.5) is 5.69 Å². The number of rotatable bonds is 9. The minimum atomic E-state index is -2.18. The Hall–Kier alpha value is -3.46. The lowest BCUT2D eigenvalue weighted by atomic mass is 10.1.